The molecule has 0 aliphatic heterocycles. The van der Waals surface area contributed by atoms with Crippen LogP contribution in [0.5, 0.6) is 0 Å². The molecule has 0 amide bonds. The van der Waals surface area contributed by atoms with Crippen LogP contribution in [0.2, 0.25) is 0 Å². The Labute approximate surface area is 100 Å². The largest absolute Gasteiger partial charge is 0.379 e. The standard InChI is InChI=1S/C15H14FN/c16-14-7-3-4-8-15(14)17-13-9-11-5-1-2-6-12(11)10-13/h1-8,13,17H,9-10H2. The predicted octanol–water partition coefficient (Wildman–Crippen LogP) is 3.41. The Morgan fingerprint density at radius 2 is 1.47 bits per heavy atom. The van der Waals surface area contributed by atoms with Crippen molar-refractivity contribution in [3.05, 3.63) is 65.5 Å². The van der Waals surface area contributed by atoms with E-state index < -0.39 is 0 Å². The van der Waals surface area contributed by atoms with Gasteiger partial charge in [-0.3, -0.25) is 0 Å². The first-order chi connectivity index (χ1) is 8.33. The molecule has 2 aromatic rings. The van der Waals surface area contributed by atoms with E-state index >= 15 is 0 Å². The second kappa shape index (κ2) is 4.21. The number of rotatable bonds is 2. The highest BCUT2D eigenvalue weighted by Crippen LogP contribution is 2.25. The van der Waals surface area contributed by atoms with Crippen LogP contribution in [0.1, 0.15) is 11.1 Å². The maximum absolute atomic E-state index is 13.5. The number of hydrogen-bond donors (Lipinski definition) is 1. The molecule has 0 spiro atoms. The molecule has 0 bridgehead atoms. The first kappa shape index (κ1) is 10.3. The normalized spacial score (nSPS) is 14.6. The topological polar surface area (TPSA) is 12.0 Å². The molecule has 1 nitrogen and oxygen atoms in total. The number of anilines is 1. The van der Waals surface area contributed by atoms with Gasteiger partial charge in [0.15, 0.2) is 0 Å². The Morgan fingerprint density at radius 1 is 0.882 bits per heavy atom. The molecule has 0 atom stereocenters. The summed E-state index contributed by atoms with van der Waals surface area (Å²) in [6.45, 7) is 0. The molecule has 86 valence electrons. The smallest absolute Gasteiger partial charge is 0.146 e. The van der Waals surface area contributed by atoms with Gasteiger partial charge in [-0.05, 0) is 36.1 Å². The van der Waals surface area contributed by atoms with Gasteiger partial charge in [-0.2, -0.15) is 0 Å². The summed E-state index contributed by atoms with van der Waals surface area (Å²) >= 11 is 0. The van der Waals surface area contributed by atoms with Gasteiger partial charge in [-0.25, -0.2) is 4.39 Å². The zero-order valence-corrected chi connectivity index (χ0v) is 9.49. The van der Waals surface area contributed by atoms with Gasteiger partial charge in [0.05, 0.1) is 5.69 Å². The zero-order chi connectivity index (χ0) is 11.7. The predicted molar refractivity (Wildman–Crippen MR) is 67.7 cm³/mol. The minimum absolute atomic E-state index is 0.177. The van der Waals surface area contributed by atoms with Crippen molar-refractivity contribution in [3.63, 3.8) is 0 Å². The molecule has 0 heterocycles. The van der Waals surface area contributed by atoms with Crippen LogP contribution in [0.3, 0.4) is 0 Å². The van der Waals surface area contributed by atoms with E-state index in [-0.39, 0.29) is 5.82 Å². The van der Waals surface area contributed by atoms with Crippen molar-refractivity contribution in [2.45, 2.75) is 18.9 Å². The molecule has 0 radical (unpaired) electrons. The second-order valence-corrected chi connectivity index (χ2v) is 4.50. The highest BCUT2D eigenvalue weighted by Gasteiger charge is 2.21. The van der Waals surface area contributed by atoms with E-state index in [0.29, 0.717) is 11.7 Å². The van der Waals surface area contributed by atoms with Crippen LogP contribution in [-0.2, 0) is 12.8 Å². The number of hydrogen-bond acceptors (Lipinski definition) is 1. The van der Waals surface area contributed by atoms with Crippen molar-refractivity contribution in [2.24, 2.45) is 0 Å². The van der Waals surface area contributed by atoms with E-state index in [9.17, 15) is 4.39 Å². The quantitative estimate of drug-likeness (QED) is 0.829. The maximum atomic E-state index is 13.5. The van der Waals surface area contributed by atoms with Crippen LogP contribution < -0.4 is 5.32 Å². The van der Waals surface area contributed by atoms with Crippen molar-refractivity contribution in [2.75, 3.05) is 5.32 Å². The Kier molecular flexibility index (Phi) is 2.56. The average molecular weight is 227 g/mol. The van der Waals surface area contributed by atoms with Crippen molar-refractivity contribution in [1.82, 2.24) is 0 Å². The number of fused-ring (bicyclic) bond motifs is 1. The number of halogens is 1. The molecule has 1 aliphatic carbocycles. The third-order valence-electron chi connectivity index (χ3n) is 3.28. The van der Waals surface area contributed by atoms with Crippen LogP contribution in [0.4, 0.5) is 10.1 Å². The monoisotopic (exact) mass is 227 g/mol. The third-order valence-corrected chi connectivity index (χ3v) is 3.28. The van der Waals surface area contributed by atoms with Crippen LogP contribution in [0.25, 0.3) is 0 Å². The lowest BCUT2D eigenvalue weighted by Crippen LogP contribution is -2.20. The first-order valence-electron chi connectivity index (χ1n) is 5.91. The molecular weight excluding hydrogens is 213 g/mol. The minimum Gasteiger partial charge on any atom is -0.379 e. The molecule has 2 aromatic carbocycles. The van der Waals surface area contributed by atoms with E-state index in [0.717, 1.165) is 12.8 Å². The highest BCUT2D eigenvalue weighted by atomic mass is 19.1. The van der Waals surface area contributed by atoms with E-state index in [1.807, 2.05) is 6.07 Å². The van der Waals surface area contributed by atoms with E-state index in [1.54, 1.807) is 12.1 Å². The Morgan fingerprint density at radius 3 is 2.12 bits per heavy atom. The molecule has 0 saturated carbocycles. The van der Waals surface area contributed by atoms with Gasteiger partial charge in [0.1, 0.15) is 5.82 Å². The first-order valence-corrected chi connectivity index (χ1v) is 5.91. The Balaban J connectivity index is 1.76. The zero-order valence-electron chi connectivity index (χ0n) is 9.49. The lowest BCUT2D eigenvalue weighted by Gasteiger charge is -2.13. The number of para-hydroxylation sites is 1. The van der Waals surface area contributed by atoms with E-state index in [4.69, 9.17) is 0 Å². The highest BCUT2D eigenvalue weighted by molar-refractivity contribution is 5.47. The fourth-order valence-corrected chi connectivity index (χ4v) is 2.46. The number of nitrogens with one attached hydrogen (secondary N) is 1. The van der Waals surface area contributed by atoms with Gasteiger partial charge in [0.25, 0.3) is 0 Å². The van der Waals surface area contributed by atoms with Gasteiger partial charge < -0.3 is 5.32 Å². The minimum atomic E-state index is -0.177. The van der Waals surface area contributed by atoms with Gasteiger partial charge in [-0.1, -0.05) is 36.4 Å². The lowest BCUT2D eigenvalue weighted by molar-refractivity contribution is 0.625. The fourth-order valence-electron chi connectivity index (χ4n) is 2.46. The maximum Gasteiger partial charge on any atom is 0.146 e. The van der Waals surface area contributed by atoms with Gasteiger partial charge >= 0.3 is 0 Å². The van der Waals surface area contributed by atoms with Gasteiger partial charge in [-0.15, -0.1) is 0 Å². The molecule has 0 unspecified atom stereocenters. The van der Waals surface area contributed by atoms with Crippen molar-refractivity contribution < 1.29 is 4.39 Å². The van der Waals surface area contributed by atoms with Crippen LogP contribution in [-0.4, -0.2) is 6.04 Å². The van der Waals surface area contributed by atoms with Crippen molar-refractivity contribution >= 4 is 5.69 Å². The van der Waals surface area contributed by atoms with E-state index in [1.165, 1.54) is 17.2 Å². The molecule has 2 heteroatoms. The molecular formula is C15H14FN. The average Bonchev–Trinajstić information content (AvgIpc) is 2.74. The van der Waals surface area contributed by atoms with Crippen LogP contribution in [0, 0.1) is 5.82 Å². The molecule has 1 aliphatic rings. The Hall–Kier alpha value is -1.83. The lowest BCUT2D eigenvalue weighted by atomic mass is 10.1. The van der Waals surface area contributed by atoms with Gasteiger partial charge in [0, 0.05) is 6.04 Å². The molecule has 3 rings (SSSR count). The second-order valence-electron chi connectivity index (χ2n) is 4.50. The molecule has 1 N–H and O–H groups in total. The fraction of sp³-hybridized carbons (Fsp3) is 0.200. The summed E-state index contributed by atoms with van der Waals surface area (Å²) in [5, 5.41) is 3.28. The van der Waals surface area contributed by atoms with Crippen molar-refractivity contribution in [3.8, 4) is 0 Å². The summed E-state index contributed by atoms with van der Waals surface area (Å²) in [6, 6.07) is 15.6. The molecule has 0 saturated heterocycles. The SMILES string of the molecule is Fc1ccccc1NC1Cc2ccccc2C1. The summed E-state index contributed by atoms with van der Waals surface area (Å²) in [4.78, 5) is 0. The molecule has 17 heavy (non-hydrogen) atoms. The van der Waals surface area contributed by atoms with Crippen molar-refractivity contribution in [1.29, 1.82) is 0 Å². The summed E-state index contributed by atoms with van der Waals surface area (Å²) in [5.41, 5.74) is 3.35. The summed E-state index contributed by atoms with van der Waals surface area (Å²) in [6.07, 6.45) is 1.95. The summed E-state index contributed by atoms with van der Waals surface area (Å²) in [7, 11) is 0. The van der Waals surface area contributed by atoms with Crippen LogP contribution >= 0.6 is 0 Å². The third kappa shape index (κ3) is 2.03. The van der Waals surface area contributed by atoms with Gasteiger partial charge in [0.2, 0.25) is 0 Å². The molecule has 0 fully saturated rings. The van der Waals surface area contributed by atoms with E-state index in [2.05, 4.69) is 29.6 Å². The summed E-state index contributed by atoms with van der Waals surface area (Å²) < 4.78 is 13.5. The molecule has 0 aromatic heterocycles. The number of benzene rings is 2. The van der Waals surface area contributed by atoms with Crippen LogP contribution in [0.15, 0.2) is 48.5 Å². The Bertz CT molecular complexity index is 511. The summed E-state index contributed by atoms with van der Waals surface area (Å²) in [5.74, 6) is -0.177.